The molecular weight excluding hydrogens is 314 g/mol. The molecule has 3 aromatic rings. The first-order valence-electron chi connectivity index (χ1n) is 8.88. The molecule has 5 nitrogen and oxygen atoms in total. The van der Waals surface area contributed by atoms with E-state index in [1.807, 2.05) is 25.1 Å². The van der Waals surface area contributed by atoms with Crippen molar-refractivity contribution in [3.63, 3.8) is 0 Å². The second-order valence-corrected chi connectivity index (χ2v) is 6.90. The minimum atomic E-state index is -0.493. The van der Waals surface area contributed by atoms with Crippen molar-refractivity contribution in [1.29, 1.82) is 0 Å². The number of β-amino-alcohol motifs (C(OH)–C–C–N with tert-alkyl or cyclic N) is 1. The molecular formula is C20H23N3O2. The molecule has 1 saturated heterocycles. The number of piperidine rings is 1. The van der Waals surface area contributed by atoms with Crippen LogP contribution in [-0.4, -0.2) is 39.8 Å². The van der Waals surface area contributed by atoms with E-state index < -0.39 is 6.10 Å². The number of hydrogen-bond donors (Lipinski definition) is 1. The fourth-order valence-electron chi connectivity index (χ4n) is 3.67. The fraction of sp³-hybridized carbons (Fsp3) is 0.400. The highest BCUT2D eigenvalue weighted by Gasteiger charge is 2.27. The molecule has 0 unspecified atom stereocenters. The number of likely N-dealkylation sites (tertiary alicyclic amines) is 1. The van der Waals surface area contributed by atoms with Gasteiger partial charge in [-0.3, -0.25) is 4.90 Å². The predicted octanol–water partition coefficient (Wildman–Crippen LogP) is 3.44. The lowest BCUT2D eigenvalue weighted by Gasteiger charge is -2.32. The van der Waals surface area contributed by atoms with Gasteiger partial charge in [0.15, 0.2) is 5.82 Å². The van der Waals surface area contributed by atoms with E-state index in [4.69, 9.17) is 4.52 Å². The molecule has 5 heteroatoms. The number of benzene rings is 2. The number of hydrogen-bond acceptors (Lipinski definition) is 5. The Morgan fingerprint density at radius 3 is 2.88 bits per heavy atom. The van der Waals surface area contributed by atoms with E-state index in [9.17, 15) is 5.11 Å². The summed E-state index contributed by atoms with van der Waals surface area (Å²) in [6.45, 7) is 4.32. The topological polar surface area (TPSA) is 62.4 Å². The van der Waals surface area contributed by atoms with E-state index in [-0.39, 0.29) is 5.92 Å². The van der Waals surface area contributed by atoms with Crippen LogP contribution in [0, 0.1) is 6.92 Å². The molecule has 130 valence electrons. The van der Waals surface area contributed by atoms with Gasteiger partial charge in [0.05, 0.1) is 12.0 Å². The fourth-order valence-corrected chi connectivity index (χ4v) is 3.67. The third kappa shape index (κ3) is 3.57. The van der Waals surface area contributed by atoms with Crippen molar-refractivity contribution in [2.45, 2.75) is 31.8 Å². The molecule has 0 spiro atoms. The first kappa shape index (κ1) is 16.2. The SMILES string of the molecule is Cc1noc([C@H]2CCCN(C[C@@H](O)c3ccc4ccccc4c3)C2)n1. The van der Waals surface area contributed by atoms with Gasteiger partial charge in [-0.05, 0) is 48.7 Å². The Hall–Kier alpha value is -2.24. The van der Waals surface area contributed by atoms with Gasteiger partial charge < -0.3 is 9.63 Å². The zero-order valence-electron chi connectivity index (χ0n) is 14.4. The molecule has 1 fully saturated rings. The molecule has 25 heavy (non-hydrogen) atoms. The quantitative estimate of drug-likeness (QED) is 0.790. The summed E-state index contributed by atoms with van der Waals surface area (Å²) >= 11 is 0. The van der Waals surface area contributed by atoms with Crippen LogP contribution in [0.25, 0.3) is 10.8 Å². The molecule has 0 bridgehead atoms. The number of aliphatic hydroxyl groups excluding tert-OH is 1. The summed E-state index contributed by atoms with van der Waals surface area (Å²) < 4.78 is 5.34. The van der Waals surface area contributed by atoms with Crippen LogP contribution in [0.3, 0.4) is 0 Å². The van der Waals surface area contributed by atoms with Gasteiger partial charge in [-0.15, -0.1) is 0 Å². The number of nitrogens with zero attached hydrogens (tertiary/aromatic N) is 3. The zero-order valence-corrected chi connectivity index (χ0v) is 14.4. The van der Waals surface area contributed by atoms with Crippen molar-refractivity contribution in [1.82, 2.24) is 15.0 Å². The maximum absolute atomic E-state index is 10.7. The maximum Gasteiger partial charge on any atom is 0.231 e. The lowest BCUT2D eigenvalue weighted by Crippen LogP contribution is -2.37. The first-order chi connectivity index (χ1) is 12.2. The van der Waals surface area contributed by atoms with Crippen molar-refractivity contribution in [2.75, 3.05) is 19.6 Å². The number of aromatic nitrogens is 2. The van der Waals surface area contributed by atoms with Gasteiger partial charge in [-0.2, -0.15) is 4.98 Å². The van der Waals surface area contributed by atoms with Crippen molar-refractivity contribution >= 4 is 10.8 Å². The van der Waals surface area contributed by atoms with Crippen LogP contribution in [0.1, 0.15) is 42.1 Å². The standard InChI is InChI=1S/C20H23N3O2/c1-14-21-20(25-22-14)18-7-4-10-23(12-18)13-19(24)17-9-8-15-5-2-3-6-16(15)11-17/h2-3,5-6,8-9,11,18-19,24H,4,7,10,12-13H2,1H3/t18-,19+/m0/s1. The van der Waals surface area contributed by atoms with Crippen LogP contribution in [0.15, 0.2) is 47.0 Å². The van der Waals surface area contributed by atoms with E-state index in [2.05, 4.69) is 39.3 Å². The molecule has 1 aromatic heterocycles. The summed E-state index contributed by atoms with van der Waals surface area (Å²) in [5.74, 6) is 1.67. The van der Waals surface area contributed by atoms with Crippen LogP contribution in [0.2, 0.25) is 0 Å². The normalized spacial score (nSPS) is 20.0. The van der Waals surface area contributed by atoms with Gasteiger partial charge in [0.1, 0.15) is 0 Å². The Morgan fingerprint density at radius 2 is 2.08 bits per heavy atom. The Kier molecular flexibility index (Phi) is 4.51. The van der Waals surface area contributed by atoms with E-state index >= 15 is 0 Å². The Balaban J connectivity index is 1.44. The zero-order chi connectivity index (χ0) is 17.2. The number of aliphatic hydroxyl groups is 1. The minimum absolute atomic E-state index is 0.263. The summed E-state index contributed by atoms with van der Waals surface area (Å²) in [6, 6.07) is 14.4. The van der Waals surface area contributed by atoms with Gasteiger partial charge in [-0.1, -0.05) is 41.6 Å². The highest BCUT2D eigenvalue weighted by molar-refractivity contribution is 5.83. The molecule has 1 N–H and O–H groups in total. The third-order valence-electron chi connectivity index (χ3n) is 4.99. The smallest absolute Gasteiger partial charge is 0.231 e. The van der Waals surface area contributed by atoms with Crippen molar-refractivity contribution in [3.05, 3.63) is 59.7 Å². The largest absolute Gasteiger partial charge is 0.387 e. The van der Waals surface area contributed by atoms with Crippen LogP contribution < -0.4 is 0 Å². The Labute approximate surface area is 147 Å². The molecule has 0 radical (unpaired) electrons. The third-order valence-corrected chi connectivity index (χ3v) is 4.99. The van der Waals surface area contributed by atoms with E-state index in [0.717, 1.165) is 42.8 Å². The molecule has 0 aliphatic carbocycles. The van der Waals surface area contributed by atoms with Crippen LogP contribution >= 0.6 is 0 Å². The average molecular weight is 337 g/mol. The summed E-state index contributed by atoms with van der Waals surface area (Å²) in [5.41, 5.74) is 0.967. The summed E-state index contributed by atoms with van der Waals surface area (Å²) in [7, 11) is 0. The Morgan fingerprint density at radius 1 is 1.24 bits per heavy atom. The first-order valence-corrected chi connectivity index (χ1v) is 8.88. The van der Waals surface area contributed by atoms with E-state index in [0.29, 0.717) is 12.4 Å². The number of fused-ring (bicyclic) bond motifs is 1. The summed E-state index contributed by atoms with van der Waals surface area (Å²) in [5, 5.41) is 17.0. The van der Waals surface area contributed by atoms with E-state index in [1.165, 1.54) is 5.39 Å². The maximum atomic E-state index is 10.7. The molecule has 2 aromatic carbocycles. The van der Waals surface area contributed by atoms with Crippen molar-refractivity contribution in [3.8, 4) is 0 Å². The van der Waals surface area contributed by atoms with Gasteiger partial charge >= 0.3 is 0 Å². The second-order valence-electron chi connectivity index (χ2n) is 6.90. The van der Waals surface area contributed by atoms with Gasteiger partial charge in [0.25, 0.3) is 0 Å². The molecule has 1 aliphatic heterocycles. The number of rotatable bonds is 4. The summed E-state index contributed by atoms with van der Waals surface area (Å²) in [4.78, 5) is 6.67. The highest BCUT2D eigenvalue weighted by atomic mass is 16.5. The highest BCUT2D eigenvalue weighted by Crippen LogP contribution is 2.28. The monoisotopic (exact) mass is 337 g/mol. The Bertz CT molecular complexity index is 861. The van der Waals surface area contributed by atoms with E-state index in [1.54, 1.807) is 0 Å². The summed E-state index contributed by atoms with van der Waals surface area (Å²) in [6.07, 6.45) is 1.65. The molecule has 2 atom stereocenters. The van der Waals surface area contributed by atoms with Gasteiger partial charge in [0.2, 0.25) is 5.89 Å². The lowest BCUT2D eigenvalue weighted by molar-refractivity contribution is 0.0911. The van der Waals surface area contributed by atoms with Crippen LogP contribution in [-0.2, 0) is 0 Å². The number of aryl methyl sites for hydroxylation is 1. The van der Waals surface area contributed by atoms with Crippen molar-refractivity contribution in [2.24, 2.45) is 0 Å². The molecule has 2 heterocycles. The van der Waals surface area contributed by atoms with Crippen molar-refractivity contribution < 1.29 is 9.63 Å². The molecule has 1 aliphatic rings. The minimum Gasteiger partial charge on any atom is -0.387 e. The average Bonchev–Trinajstić information content (AvgIpc) is 3.08. The van der Waals surface area contributed by atoms with Gasteiger partial charge in [-0.25, -0.2) is 0 Å². The van der Waals surface area contributed by atoms with Crippen LogP contribution in [0.4, 0.5) is 0 Å². The molecule has 4 rings (SSSR count). The second kappa shape index (κ2) is 6.94. The molecule has 0 amide bonds. The van der Waals surface area contributed by atoms with Crippen LogP contribution in [0.5, 0.6) is 0 Å². The molecule has 0 saturated carbocycles. The lowest BCUT2D eigenvalue weighted by atomic mass is 9.96. The predicted molar refractivity (Wildman–Crippen MR) is 96.4 cm³/mol. The van der Waals surface area contributed by atoms with Gasteiger partial charge in [0, 0.05) is 13.1 Å².